The third-order valence-electron chi connectivity index (χ3n) is 6.01. The van der Waals surface area contributed by atoms with Crippen LogP contribution >= 0.6 is 0 Å². The van der Waals surface area contributed by atoms with Crippen LogP contribution in [0.4, 0.5) is 11.5 Å². The molecule has 3 amide bonds. The molecule has 3 heterocycles. The quantitative estimate of drug-likeness (QED) is 0.588. The van der Waals surface area contributed by atoms with Gasteiger partial charge in [-0.25, -0.2) is 4.98 Å². The number of imide groups is 1. The molecule has 3 aromatic rings. The van der Waals surface area contributed by atoms with Crippen LogP contribution in [-0.2, 0) is 9.53 Å². The maximum Gasteiger partial charge on any atom is 0.261 e. The normalized spacial score (nSPS) is 15.8. The fraction of sp³-hybridized carbons (Fsp3) is 0.280. The highest BCUT2D eigenvalue weighted by atomic mass is 16.5. The second-order valence-electron chi connectivity index (χ2n) is 8.13. The lowest BCUT2D eigenvalue weighted by molar-refractivity contribution is -0.116. The minimum atomic E-state index is -0.312. The number of carbonyl (C=O) groups is 3. The molecule has 1 saturated heterocycles. The maximum absolute atomic E-state index is 12.9. The Balaban J connectivity index is 1.17. The number of nitrogens with one attached hydrogen (secondary N) is 1. The topological polar surface area (TPSA) is 91.8 Å². The van der Waals surface area contributed by atoms with Crippen molar-refractivity contribution in [3.63, 3.8) is 0 Å². The van der Waals surface area contributed by atoms with Crippen LogP contribution in [0.2, 0.25) is 0 Å². The number of amides is 3. The minimum Gasteiger partial charge on any atom is -0.378 e. The third kappa shape index (κ3) is 4.17. The molecule has 2 aliphatic heterocycles. The average molecular weight is 444 g/mol. The molecule has 0 aliphatic carbocycles. The van der Waals surface area contributed by atoms with Gasteiger partial charge in [0.2, 0.25) is 5.91 Å². The molecule has 0 radical (unpaired) electrons. The molecule has 33 heavy (non-hydrogen) atoms. The van der Waals surface area contributed by atoms with Crippen molar-refractivity contribution < 1.29 is 19.1 Å². The van der Waals surface area contributed by atoms with Crippen molar-refractivity contribution in [2.45, 2.75) is 12.8 Å². The number of hydrogen-bond donors (Lipinski definition) is 1. The van der Waals surface area contributed by atoms with Crippen molar-refractivity contribution in [3.8, 4) is 0 Å². The molecular formula is C25H24N4O4. The Hall–Kier alpha value is -3.78. The van der Waals surface area contributed by atoms with E-state index in [0.717, 1.165) is 24.3 Å². The largest absolute Gasteiger partial charge is 0.378 e. The first-order chi connectivity index (χ1) is 16.1. The molecule has 0 atom stereocenters. The highest BCUT2D eigenvalue weighted by Gasteiger charge is 2.32. The van der Waals surface area contributed by atoms with Gasteiger partial charge in [0.05, 0.1) is 25.1 Å². The van der Waals surface area contributed by atoms with E-state index in [1.54, 1.807) is 18.3 Å². The van der Waals surface area contributed by atoms with Gasteiger partial charge in [0.25, 0.3) is 11.8 Å². The Morgan fingerprint density at radius 2 is 1.67 bits per heavy atom. The van der Waals surface area contributed by atoms with Crippen LogP contribution in [0, 0.1) is 0 Å². The molecule has 0 unspecified atom stereocenters. The van der Waals surface area contributed by atoms with Crippen molar-refractivity contribution in [3.05, 3.63) is 65.9 Å². The second kappa shape index (κ2) is 8.99. The first kappa shape index (κ1) is 21.1. The molecule has 0 spiro atoms. The number of pyridine rings is 1. The fourth-order valence-corrected chi connectivity index (χ4v) is 4.34. The average Bonchev–Trinajstić information content (AvgIpc) is 2.85. The molecule has 5 rings (SSSR count). The van der Waals surface area contributed by atoms with Gasteiger partial charge in [0, 0.05) is 42.6 Å². The summed E-state index contributed by atoms with van der Waals surface area (Å²) in [4.78, 5) is 46.1. The first-order valence-electron chi connectivity index (χ1n) is 11.1. The number of nitrogens with zero attached hydrogens (tertiary/aromatic N) is 3. The van der Waals surface area contributed by atoms with E-state index >= 15 is 0 Å². The van der Waals surface area contributed by atoms with Gasteiger partial charge in [0.15, 0.2) is 0 Å². The summed E-state index contributed by atoms with van der Waals surface area (Å²) in [5.74, 6) is 0.0456. The summed E-state index contributed by atoms with van der Waals surface area (Å²) in [6.07, 6.45) is 2.20. The number of ether oxygens (including phenoxy) is 1. The van der Waals surface area contributed by atoms with Crippen LogP contribution in [0.5, 0.6) is 0 Å². The lowest BCUT2D eigenvalue weighted by Gasteiger charge is -2.27. The number of morpholine rings is 1. The molecule has 1 fully saturated rings. The first-order valence-corrected chi connectivity index (χ1v) is 11.1. The summed E-state index contributed by atoms with van der Waals surface area (Å²) in [6.45, 7) is 3.15. The lowest BCUT2D eigenvalue weighted by Crippen LogP contribution is -2.41. The van der Waals surface area contributed by atoms with E-state index in [1.807, 2.05) is 36.4 Å². The van der Waals surface area contributed by atoms with E-state index in [-0.39, 0.29) is 30.7 Å². The van der Waals surface area contributed by atoms with Crippen molar-refractivity contribution in [1.82, 2.24) is 9.88 Å². The van der Waals surface area contributed by atoms with Gasteiger partial charge in [-0.3, -0.25) is 19.3 Å². The molecule has 168 valence electrons. The number of benzene rings is 2. The van der Waals surface area contributed by atoms with E-state index in [4.69, 9.17) is 4.74 Å². The SMILES string of the molecule is O=C(CCCN1C(=O)c2cccc3cccc(c23)C1=O)Nc1ccc(N2CCOCC2)nc1. The number of aromatic nitrogens is 1. The number of rotatable bonds is 6. The predicted molar refractivity (Wildman–Crippen MR) is 124 cm³/mol. The summed E-state index contributed by atoms with van der Waals surface area (Å²) in [6, 6.07) is 14.6. The van der Waals surface area contributed by atoms with E-state index in [9.17, 15) is 14.4 Å². The van der Waals surface area contributed by atoms with E-state index in [2.05, 4.69) is 15.2 Å². The Kier molecular flexibility index (Phi) is 5.75. The van der Waals surface area contributed by atoms with Crippen molar-refractivity contribution in [2.24, 2.45) is 0 Å². The van der Waals surface area contributed by atoms with Crippen LogP contribution in [0.25, 0.3) is 10.8 Å². The summed E-state index contributed by atoms with van der Waals surface area (Å²) in [7, 11) is 0. The molecular weight excluding hydrogens is 420 g/mol. The van der Waals surface area contributed by atoms with Gasteiger partial charge in [-0.15, -0.1) is 0 Å². The standard InChI is InChI=1S/C25H24N4O4/c30-22(27-18-9-10-21(26-16-18)28-12-14-33-15-13-28)8-3-11-29-24(31)19-6-1-4-17-5-2-7-20(23(17)19)25(29)32/h1-2,4-7,9-10,16H,3,8,11-15H2,(H,27,30). The summed E-state index contributed by atoms with van der Waals surface area (Å²) >= 11 is 0. The lowest BCUT2D eigenvalue weighted by atomic mass is 9.94. The molecule has 2 aromatic carbocycles. The van der Waals surface area contributed by atoms with Crippen LogP contribution in [0.15, 0.2) is 54.7 Å². The molecule has 2 aliphatic rings. The molecule has 1 N–H and O–H groups in total. The highest BCUT2D eigenvalue weighted by Crippen LogP contribution is 2.30. The summed E-state index contributed by atoms with van der Waals surface area (Å²) < 4.78 is 5.35. The number of carbonyl (C=O) groups excluding carboxylic acids is 3. The number of hydrogen-bond acceptors (Lipinski definition) is 6. The van der Waals surface area contributed by atoms with Gasteiger partial charge in [-0.2, -0.15) is 0 Å². The smallest absolute Gasteiger partial charge is 0.261 e. The molecule has 0 saturated carbocycles. The summed E-state index contributed by atoms with van der Waals surface area (Å²) in [5.41, 5.74) is 1.67. The van der Waals surface area contributed by atoms with Gasteiger partial charge < -0.3 is 15.0 Å². The van der Waals surface area contributed by atoms with Crippen LogP contribution in [-0.4, -0.2) is 60.5 Å². The van der Waals surface area contributed by atoms with Crippen molar-refractivity contribution in [2.75, 3.05) is 43.1 Å². The molecule has 8 nitrogen and oxygen atoms in total. The van der Waals surface area contributed by atoms with Crippen molar-refractivity contribution in [1.29, 1.82) is 0 Å². The van der Waals surface area contributed by atoms with E-state index in [0.29, 0.717) is 41.8 Å². The van der Waals surface area contributed by atoms with Crippen LogP contribution in [0.1, 0.15) is 33.6 Å². The number of anilines is 2. The zero-order valence-electron chi connectivity index (χ0n) is 18.1. The van der Waals surface area contributed by atoms with Gasteiger partial charge in [-0.05, 0) is 36.1 Å². The van der Waals surface area contributed by atoms with Crippen molar-refractivity contribution >= 4 is 40.0 Å². The predicted octanol–water partition coefficient (Wildman–Crippen LogP) is 3.09. The van der Waals surface area contributed by atoms with E-state index < -0.39 is 0 Å². The van der Waals surface area contributed by atoms with Crippen LogP contribution in [0.3, 0.4) is 0 Å². The fourth-order valence-electron chi connectivity index (χ4n) is 4.34. The molecule has 8 heteroatoms. The Bertz CT molecular complexity index is 1170. The van der Waals surface area contributed by atoms with Gasteiger partial charge in [-0.1, -0.05) is 24.3 Å². The third-order valence-corrected chi connectivity index (χ3v) is 6.01. The second-order valence-corrected chi connectivity index (χ2v) is 8.13. The van der Waals surface area contributed by atoms with Gasteiger partial charge >= 0.3 is 0 Å². The van der Waals surface area contributed by atoms with Gasteiger partial charge in [0.1, 0.15) is 5.82 Å². The Morgan fingerprint density at radius 3 is 2.30 bits per heavy atom. The maximum atomic E-state index is 12.9. The summed E-state index contributed by atoms with van der Waals surface area (Å²) in [5, 5.41) is 4.41. The zero-order chi connectivity index (χ0) is 22.8. The van der Waals surface area contributed by atoms with Crippen LogP contribution < -0.4 is 10.2 Å². The Morgan fingerprint density at radius 1 is 0.970 bits per heavy atom. The zero-order valence-corrected chi connectivity index (χ0v) is 18.1. The molecule has 0 bridgehead atoms. The Labute approximate surface area is 191 Å². The van der Waals surface area contributed by atoms with E-state index in [1.165, 1.54) is 4.90 Å². The highest BCUT2D eigenvalue weighted by molar-refractivity contribution is 6.25. The minimum absolute atomic E-state index is 0.185. The molecule has 1 aromatic heterocycles. The monoisotopic (exact) mass is 444 g/mol.